The van der Waals surface area contributed by atoms with Gasteiger partial charge >= 0.3 is 12.1 Å². The van der Waals surface area contributed by atoms with Crippen molar-refractivity contribution in [2.45, 2.75) is 19.9 Å². The molecule has 1 unspecified atom stereocenters. The Bertz CT molecular complexity index is 758. The molecule has 0 aromatic heterocycles. The van der Waals surface area contributed by atoms with Gasteiger partial charge in [-0.2, -0.15) is 0 Å². The quantitative estimate of drug-likeness (QED) is 0.667. The Balaban J connectivity index is 2.35. The van der Waals surface area contributed by atoms with Crippen molar-refractivity contribution in [1.29, 1.82) is 0 Å². The molecule has 26 heavy (non-hydrogen) atoms. The van der Waals surface area contributed by atoms with E-state index in [1.54, 1.807) is 38.4 Å². The number of rotatable bonds is 3. The maximum absolute atomic E-state index is 13.3. The molecule has 0 saturated carbocycles. The zero-order valence-electron chi connectivity index (χ0n) is 15.9. The monoisotopic (exact) mass is 356 g/mol. The van der Waals surface area contributed by atoms with Crippen molar-refractivity contribution in [2.75, 3.05) is 26.2 Å². The van der Waals surface area contributed by atoms with Crippen molar-refractivity contribution >= 4 is 17.8 Å². The van der Waals surface area contributed by atoms with Crippen molar-refractivity contribution in [3.05, 3.63) is 65.7 Å². The molecule has 6 heteroatoms. The molecule has 0 heterocycles. The lowest BCUT2D eigenvalue weighted by molar-refractivity contribution is -0.840. The third-order valence-corrected chi connectivity index (χ3v) is 4.56. The summed E-state index contributed by atoms with van der Waals surface area (Å²) in [4.78, 5) is 30.3. The van der Waals surface area contributed by atoms with Crippen LogP contribution in [0.15, 0.2) is 54.6 Å². The summed E-state index contributed by atoms with van der Waals surface area (Å²) >= 11 is 0. The first-order chi connectivity index (χ1) is 12.3. The summed E-state index contributed by atoms with van der Waals surface area (Å²) in [7, 11) is 5.05. The van der Waals surface area contributed by atoms with Gasteiger partial charge in [0.05, 0.1) is 19.8 Å². The lowest BCUT2D eigenvalue weighted by atomic mass is 10.0. The molecule has 1 atom stereocenters. The smallest absolute Gasteiger partial charge is 0.323 e. The summed E-state index contributed by atoms with van der Waals surface area (Å²) in [5.74, 6) is 0. The van der Waals surface area contributed by atoms with Gasteiger partial charge in [-0.3, -0.25) is 0 Å². The molecule has 0 spiro atoms. The molecule has 6 nitrogen and oxygen atoms in total. The third-order valence-electron chi connectivity index (χ3n) is 4.56. The number of benzene rings is 2. The van der Waals surface area contributed by atoms with E-state index in [0.29, 0.717) is 5.69 Å². The van der Waals surface area contributed by atoms with Crippen LogP contribution in [0.3, 0.4) is 0 Å². The summed E-state index contributed by atoms with van der Waals surface area (Å²) in [6.07, 6.45) is -0.704. The number of hydrogen-bond donors (Lipinski definition) is 1. The largest absolute Gasteiger partial charge is 0.457 e. The van der Waals surface area contributed by atoms with E-state index in [-0.39, 0.29) is 16.6 Å². The van der Waals surface area contributed by atoms with Crippen LogP contribution >= 0.6 is 0 Å². The molecular weight excluding hydrogens is 330 g/mol. The lowest BCUT2D eigenvalue weighted by Crippen LogP contribution is -2.55. The number of carbonyl (C=O) groups excluding carboxylic acids is 2. The second-order valence-electron chi connectivity index (χ2n) is 6.67. The zero-order valence-corrected chi connectivity index (χ0v) is 15.9. The van der Waals surface area contributed by atoms with E-state index in [1.165, 1.54) is 7.05 Å². The number of anilines is 1. The number of aryl methyl sites for hydroxylation is 1. The number of hydrogen-bond acceptors (Lipinski definition) is 3. The molecule has 2 aromatic rings. The molecule has 1 N–H and O–H groups in total. The topological polar surface area (TPSA) is 58.6 Å². The van der Waals surface area contributed by atoms with Gasteiger partial charge in [0.15, 0.2) is 0 Å². The van der Waals surface area contributed by atoms with Gasteiger partial charge in [0.1, 0.15) is 6.04 Å². The van der Waals surface area contributed by atoms with Crippen molar-refractivity contribution in [1.82, 2.24) is 5.32 Å². The van der Waals surface area contributed by atoms with Crippen molar-refractivity contribution in [2.24, 2.45) is 0 Å². The van der Waals surface area contributed by atoms with Crippen molar-refractivity contribution < 1.29 is 18.9 Å². The first-order valence-corrected chi connectivity index (χ1v) is 8.47. The molecule has 0 fully saturated rings. The predicted molar refractivity (Wildman–Crippen MR) is 102 cm³/mol. The molecule has 0 aliphatic heterocycles. The van der Waals surface area contributed by atoms with Crippen LogP contribution in [0.1, 0.15) is 24.1 Å². The summed E-state index contributed by atoms with van der Waals surface area (Å²) in [5.41, 5.74) is 2.68. The van der Waals surface area contributed by atoms with Crippen LogP contribution in [0.25, 0.3) is 0 Å². The number of nitrogens with zero attached hydrogens (tertiary/aromatic N) is 2. The number of quaternary nitrogens is 1. The molecule has 0 bridgehead atoms. The Morgan fingerprint density at radius 1 is 1.04 bits per heavy atom. The Hall–Kier alpha value is -2.86. The highest BCUT2D eigenvalue weighted by molar-refractivity contribution is 5.87. The van der Waals surface area contributed by atoms with Gasteiger partial charge in [-0.1, -0.05) is 53.1 Å². The highest BCUT2D eigenvalue weighted by Crippen LogP contribution is 2.28. The van der Waals surface area contributed by atoms with Gasteiger partial charge < -0.3 is 10.2 Å². The van der Waals surface area contributed by atoms with Crippen LogP contribution in [0.2, 0.25) is 0 Å². The lowest BCUT2D eigenvalue weighted by Gasteiger charge is -2.36. The van der Waals surface area contributed by atoms with Crippen molar-refractivity contribution in [3.63, 3.8) is 0 Å². The minimum absolute atomic E-state index is 0.0189. The van der Waals surface area contributed by atoms with Crippen molar-refractivity contribution in [3.8, 4) is 0 Å². The maximum atomic E-state index is 13.3. The van der Waals surface area contributed by atoms with Crippen LogP contribution in [-0.2, 0) is 4.84 Å². The average molecular weight is 356 g/mol. The van der Waals surface area contributed by atoms with Crippen LogP contribution in [0.5, 0.6) is 0 Å². The molecule has 0 saturated heterocycles. The third kappa shape index (κ3) is 4.21. The van der Waals surface area contributed by atoms with Gasteiger partial charge in [0, 0.05) is 12.6 Å². The summed E-state index contributed by atoms with van der Waals surface area (Å²) < 4.78 is -0.0189. The number of para-hydroxylation sites is 1. The highest BCUT2D eigenvalue weighted by atomic mass is 16.7. The molecule has 2 rings (SSSR count). The second-order valence-corrected chi connectivity index (χ2v) is 6.67. The van der Waals surface area contributed by atoms with Crippen LogP contribution in [0, 0.1) is 6.92 Å². The highest BCUT2D eigenvalue weighted by Gasteiger charge is 2.40. The first kappa shape index (κ1) is 19.5. The predicted octanol–water partition coefficient (Wildman–Crippen LogP) is 4.03. The molecule has 0 aliphatic carbocycles. The van der Waals surface area contributed by atoms with E-state index in [4.69, 9.17) is 4.84 Å². The number of carbonyl (C=O) groups is 2. The minimum Gasteiger partial charge on any atom is -0.323 e. The van der Waals surface area contributed by atoms with Crippen LogP contribution in [-0.4, -0.2) is 37.8 Å². The summed E-state index contributed by atoms with van der Waals surface area (Å²) in [6, 6.07) is 16.4. The van der Waals surface area contributed by atoms with E-state index < -0.39 is 6.09 Å². The van der Waals surface area contributed by atoms with Gasteiger partial charge in [0.25, 0.3) is 0 Å². The Morgan fingerprint density at radius 3 is 2.15 bits per heavy atom. The first-order valence-electron chi connectivity index (χ1n) is 8.47. The Morgan fingerprint density at radius 2 is 1.62 bits per heavy atom. The minimum atomic E-state index is -0.704. The second kappa shape index (κ2) is 8.01. The van der Waals surface area contributed by atoms with Gasteiger partial charge in [0.2, 0.25) is 0 Å². The van der Waals surface area contributed by atoms with Crippen LogP contribution in [0.4, 0.5) is 15.3 Å². The standard InChI is InChI=1S/C20H25N3O3/c1-15-11-13-17(14-12-15)16(2)23(4,5)20(25)22(26-19(24)21-3)18-9-7-6-8-10-18/h6-14,16H,1-5H3/p+1. The fraction of sp³-hybridized carbons (Fsp3) is 0.300. The van der Waals surface area contributed by atoms with Gasteiger partial charge in [-0.15, -0.1) is 0 Å². The molecule has 0 radical (unpaired) electrons. The fourth-order valence-corrected chi connectivity index (χ4v) is 2.51. The molecular formula is C20H26N3O3+. The number of urea groups is 1. The van der Waals surface area contributed by atoms with Gasteiger partial charge in [-0.25, -0.2) is 14.1 Å². The SMILES string of the molecule is CNC(=O)ON(C(=O)[N+](C)(C)C(C)c1ccc(C)cc1)c1ccccc1. The molecule has 0 aliphatic rings. The molecule has 3 amide bonds. The van der Waals surface area contributed by atoms with Crippen LogP contribution < -0.4 is 10.4 Å². The van der Waals surface area contributed by atoms with E-state index in [0.717, 1.165) is 16.2 Å². The average Bonchev–Trinajstić information content (AvgIpc) is 2.66. The summed E-state index contributed by atoms with van der Waals surface area (Å²) in [5, 5.41) is 3.42. The van der Waals surface area contributed by atoms with E-state index in [9.17, 15) is 9.59 Å². The number of hydroxylamine groups is 1. The Labute approximate surface area is 154 Å². The van der Waals surface area contributed by atoms with E-state index in [2.05, 4.69) is 5.32 Å². The summed E-state index contributed by atoms with van der Waals surface area (Å²) in [6.45, 7) is 4.00. The van der Waals surface area contributed by atoms with E-state index >= 15 is 0 Å². The normalized spacial score (nSPS) is 12.2. The molecule has 2 aromatic carbocycles. The van der Waals surface area contributed by atoms with E-state index in [1.807, 2.05) is 44.2 Å². The zero-order chi connectivity index (χ0) is 19.3. The number of amides is 3. The number of nitrogens with one attached hydrogen (secondary N) is 1. The van der Waals surface area contributed by atoms with Gasteiger partial charge in [-0.05, 0) is 26.0 Å². The Kier molecular flexibility index (Phi) is 6.00. The fourth-order valence-electron chi connectivity index (χ4n) is 2.51. The maximum Gasteiger partial charge on any atom is 0.457 e. The molecule has 138 valence electrons.